The molecule has 2 amide bonds. The largest absolute Gasteiger partial charge is 0.357 e. The number of nitro groups is 1. The van der Waals surface area contributed by atoms with Crippen molar-refractivity contribution in [3.63, 3.8) is 0 Å². The molecule has 8 nitrogen and oxygen atoms in total. The number of nitrogens with one attached hydrogen (secondary N) is 1. The number of imide groups is 1. The van der Waals surface area contributed by atoms with Gasteiger partial charge in [0.25, 0.3) is 11.8 Å². The van der Waals surface area contributed by atoms with Crippen LogP contribution < -0.4 is 10.2 Å². The van der Waals surface area contributed by atoms with Gasteiger partial charge in [-0.2, -0.15) is 4.39 Å². The lowest BCUT2D eigenvalue weighted by Crippen LogP contribution is -2.30. The van der Waals surface area contributed by atoms with Gasteiger partial charge in [0, 0.05) is 17.8 Å². The average molecular weight is 383 g/mol. The predicted octanol–water partition coefficient (Wildman–Crippen LogP) is 3.44. The Morgan fingerprint density at radius 1 is 1.14 bits per heavy atom. The van der Waals surface area contributed by atoms with Crippen LogP contribution in [-0.2, 0) is 4.79 Å². The van der Waals surface area contributed by atoms with E-state index in [1.807, 2.05) is 0 Å². The van der Waals surface area contributed by atoms with E-state index in [1.54, 1.807) is 12.1 Å². The van der Waals surface area contributed by atoms with Gasteiger partial charge in [0.05, 0.1) is 27.4 Å². The molecule has 0 aliphatic carbocycles. The molecular formula is C19H14FN3O5. The number of rotatable bonds is 5. The molecule has 0 saturated heterocycles. The number of hydrogen-bond acceptors (Lipinski definition) is 6. The number of carbonyl (C=O) groups is 3. The fraction of sp³-hybridized carbons (Fsp3) is 0.105. The number of nitro benzene ring substituents is 1. The quantitative estimate of drug-likeness (QED) is 0.367. The number of amides is 2. The Morgan fingerprint density at radius 3 is 2.21 bits per heavy atom. The Morgan fingerprint density at radius 2 is 1.71 bits per heavy atom. The molecule has 0 atom stereocenters. The van der Waals surface area contributed by atoms with Crippen LogP contribution in [0.1, 0.15) is 34.6 Å². The molecular weight excluding hydrogens is 369 g/mol. The number of allylic oxidation sites excluding steroid dienone is 2. The molecule has 1 aliphatic heterocycles. The predicted molar refractivity (Wildman–Crippen MR) is 98.7 cm³/mol. The smallest absolute Gasteiger partial charge is 0.307 e. The standard InChI is InChI=1S/C19H14FN3O5/c1-10(7-11(2)24)21-15-8-14(20)16(23(27)28)9-17(15)22-18(25)12-5-3-4-6-13(12)19(22)26/h3-9,21H,1-2H3. The zero-order chi connectivity index (χ0) is 20.6. The van der Waals surface area contributed by atoms with Crippen LogP contribution in [0.25, 0.3) is 0 Å². The van der Waals surface area contributed by atoms with E-state index in [9.17, 15) is 28.9 Å². The second-order valence-corrected chi connectivity index (χ2v) is 6.13. The lowest BCUT2D eigenvalue weighted by Gasteiger charge is -2.19. The SMILES string of the molecule is CC(=O)C=C(C)Nc1cc(F)c([N+](=O)[O-])cc1N1C(=O)c2ccccc2C1=O. The second-order valence-electron chi connectivity index (χ2n) is 6.13. The molecule has 0 unspecified atom stereocenters. The highest BCUT2D eigenvalue weighted by Gasteiger charge is 2.38. The highest BCUT2D eigenvalue weighted by atomic mass is 19.1. The summed E-state index contributed by atoms with van der Waals surface area (Å²) in [6.07, 6.45) is 1.23. The molecule has 0 spiro atoms. The van der Waals surface area contributed by atoms with Gasteiger partial charge in [-0.3, -0.25) is 24.5 Å². The number of fused-ring (bicyclic) bond motifs is 1. The van der Waals surface area contributed by atoms with Crippen LogP contribution in [0.3, 0.4) is 0 Å². The van der Waals surface area contributed by atoms with Crippen molar-refractivity contribution in [3.05, 3.63) is 75.2 Å². The van der Waals surface area contributed by atoms with Gasteiger partial charge in [-0.15, -0.1) is 0 Å². The Hall–Kier alpha value is -3.88. The van der Waals surface area contributed by atoms with Crippen molar-refractivity contribution in [2.24, 2.45) is 0 Å². The Balaban J connectivity index is 2.17. The normalized spacial score (nSPS) is 13.5. The average Bonchev–Trinajstić information content (AvgIpc) is 2.86. The molecule has 1 N–H and O–H groups in total. The second kappa shape index (κ2) is 7.03. The van der Waals surface area contributed by atoms with E-state index >= 15 is 0 Å². The van der Waals surface area contributed by atoms with Gasteiger partial charge in [0.15, 0.2) is 5.78 Å². The maximum atomic E-state index is 14.2. The van der Waals surface area contributed by atoms with Crippen molar-refractivity contribution >= 4 is 34.7 Å². The van der Waals surface area contributed by atoms with E-state index in [0.717, 1.165) is 17.0 Å². The number of halogens is 1. The summed E-state index contributed by atoms with van der Waals surface area (Å²) >= 11 is 0. The van der Waals surface area contributed by atoms with Crippen LogP contribution in [-0.4, -0.2) is 22.5 Å². The van der Waals surface area contributed by atoms with Crippen molar-refractivity contribution in [1.29, 1.82) is 0 Å². The lowest BCUT2D eigenvalue weighted by molar-refractivity contribution is -0.387. The van der Waals surface area contributed by atoms with Crippen LogP contribution in [0.4, 0.5) is 21.5 Å². The minimum Gasteiger partial charge on any atom is -0.357 e. The van der Waals surface area contributed by atoms with Crippen LogP contribution in [0.15, 0.2) is 48.2 Å². The van der Waals surface area contributed by atoms with Crippen LogP contribution in [0, 0.1) is 15.9 Å². The molecule has 28 heavy (non-hydrogen) atoms. The topological polar surface area (TPSA) is 110 Å². The highest BCUT2D eigenvalue weighted by Crippen LogP contribution is 2.38. The number of carbonyl (C=O) groups excluding carboxylic acids is 3. The third-order valence-corrected chi connectivity index (χ3v) is 4.05. The molecule has 1 aliphatic rings. The van der Waals surface area contributed by atoms with E-state index in [-0.39, 0.29) is 28.3 Å². The van der Waals surface area contributed by atoms with Crippen molar-refractivity contribution in [1.82, 2.24) is 0 Å². The van der Waals surface area contributed by atoms with Gasteiger partial charge in [0.1, 0.15) is 0 Å². The fourth-order valence-corrected chi connectivity index (χ4v) is 2.94. The first-order chi connectivity index (χ1) is 13.2. The van der Waals surface area contributed by atoms with Gasteiger partial charge in [0.2, 0.25) is 5.82 Å². The van der Waals surface area contributed by atoms with Crippen molar-refractivity contribution in [2.45, 2.75) is 13.8 Å². The van der Waals surface area contributed by atoms with E-state index in [2.05, 4.69) is 5.32 Å². The molecule has 9 heteroatoms. The molecule has 0 bridgehead atoms. The zero-order valence-electron chi connectivity index (χ0n) is 14.9. The maximum Gasteiger partial charge on any atom is 0.307 e. The summed E-state index contributed by atoms with van der Waals surface area (Å²) in [5, 5.41) is 13.9. The molecule has 0 fully saturated rings. The number of hydrogen-bond donors (Lipinski definition) is 1. The molecule has 0 aromatic heterocycles. The fourth-order valence-electron chi connectivity index (χ4n) is 2.94. The molecule has 0 radical (unpaired) electrons. The molecule has 2 aromatic carbocycles. The van der Waals surface area contributed by atoms with Crippen LogP contribution >= 0.6 is 0 Å². The third-order valence-electron chi connectivity index (χ3n) is 4.05. The van der Waals surface area contributed by atoms with Crippen molar-refractivity contribution in [3.8, 4) is 0 Å². The van der Waals surface area contributed by atoms with Crippen molar-refractivity contribution in [2.75, 3.05) is 10.2 Å². The first kappa shape index (κ1) is 18.9. The minimum absolute atomic E-state index is 0.0624. The van der Waals surface area contributed by atoms with Crippen LogP contribution in [0.5, 0.6) is 0 Å². The summed E-state index contributed by atoms with van der Waals surface area (Å²) in [6, 6.07) is 7.72. The first-order valence-electron chi connectivity index (χ1n) is 8.12. The van der Waals surface area contributed by atoms with Crippen molar-refractivity contribution < 1.29 is 23.7 Å². The summed E-state index contributed by atoms with van der Waals surface area (Å²) in [4.78, 5) is 47.7. The molecule has 3 rings (SSSR count). The highest BCUT2D eigenvalue weighted by molar-refractivity contribution is 6.35. The number of nitrogens with zero attached hydrogens (tertiary/aromatic N) is 2. The lowest BCUT2D eigenvalue weighted by atomic mass is 10.1. The molecule has 2 aromatic rings. The summed E-state index contributed by atoms with van der Waals surface area (Å²) in [5.41, 5.74) is -0.546. The zero-order valence-corrected chi connectivity index (χ0v) is 14.9. The maximum absolute atomic E-state index is 14.2. The van der Waals surface area contributed by atoms with Gasteiger partial charge in [-0.1, -0.05) is 12.1 Å². The third kappa shape index (κ3) is 3.25. The van der Waals surface area contributed by atoms with Crippen LogP contribution in [0.2, 0.25) is 0 Å². The van der Waals surface area contributed by atoms with E-state index in [4.69, 9.17) is 0 Å². The summed E-state index contributed by atoms with van der Waals surface area (Å²) in [7, 11) is 0. The van der Waals surface area contributed by atoms with Gasteiger partial charge in [-0.25, -0.2) is 4.90 Å². The van der Waals surface area contributed by atoms with Gasteiger partial charge < -0.3 is 5.32 Å². The number of ketones is 1. The first-order valence-corrected chi connectivity index (χ1v) is 8.12. The molecule has 142 valence electrons. The van der Waals surface area contributed by atoms with E-state index < -0.39 is 28.2 Å². The Labute approximate surface area is 158 Å². The monoisotopic (exact) mass is 383 g/mol. The number of anilines is 2. The summed E-state index contributed by atoms with van der Waals surface area (Å²) in [5.74, 6) is -2.80. The molecule has 0 saturated carbocycles. The van der Waals surface area contributed by atoms with Gasteiger partial charge in [-0.05, 0) is 32.1 Å². The molecule has 1 heterocycles. The Bertz CT molecular complexity index is 1040. The summed E-state index contributed by atoms with van der Waals surface area (Å²) in [6.45, 7) is 2.83. The van der Waals surface area contributed by atoms with Gasteiger partial charge >= 0.3 is 5.69 Å². The number of benzene rings is 2. The minimum atomic E-state index is -1.15. The Kier molecular flexibility index (Phi) is 4.74. The van der Waals surface area contributed by atoms with E-state index in [1.165, 1.54) is 32.1 Å². The summed E-state index contributed by atoms with van der Waals surface area (Å²) < 4.78 is 14.2. The van der Waals surface area contributed by atoms with E-state index in [0.29, 0.717) is 5.70 Å².